The van der Waals surface area contributed by atoms with Crippen LogP contribution in [0.15, 0.2) is 30.9 Å². The Morgan fingerprint density at radius 2 is 2.31 bits per heavy atom. The first-order valence-electron chi connectivity index (χ1n) is 5.53. The molecule has 0 spiro atoms. The van der Waals surface area contributed by atoms with Gasteiger partial charge in [-0.3, -0.25) is 0 Å². The quantitative estimate of drug-likeness (QED) is 0.770. The highest BCUT2D eigenvalue weighted by Crippen LogP contribution is 2.29. The molecule has 1 saturated carbocycles. The summed E-state index contributed by atoms with van der Waals surface area (Å²) in [5.41, 5.74) is 0.638. The van der Waals surface area contributed by atoms with Crippen LogP contribution in [0.3, 0.4) is 0 Å². The molecule has 0 bridgehead atoms. The van der Waals surface area contributed by atoms with Gasteiger partial charge in [0.1, 0.15) is 5.82 Å². The van der Waals surface area contributed by atoms with Crippen molar-refractivity contribution in [3.63, 3.8) is 0 Å². The summed E-state index contributed by atoms with van der Waals surface area (Å²) >= 11 is 5.78. The van der Waals surface area contributed by atoms with Gasteiger partial charge in [0.25, 0.3) is 0 Å². The van der Waals surface area contributed by atoms with E-state index in [9.17, 15) is 4.39 Å². The molecule has 1 aromatic rings. The van der Waals surface area contributed by atoms with Crippen LogP contribution in [0.1, 0.15) is 30.9 Å². The highest BCUT2D eigenvalue weighted by molar-refractivity contribution is 6.30. The van der Waals surface area contributed by atoms with E-state index >= 15 is 0 Å². The molecule has 0 saturated heterocycles. The topological polar surface area (TPSA) is 12.0 Å². The van der Waals surface area contributed by atoms with E-state index in [-0.39, 0.29) is 16.9 Å². The predicted octanol–water partition coefficient (Wildman–Crippen LogP) is 3.85. The third-order valence-electron chi connectivity index (χ3n) is 2.77. The molecule has 1 fully saturated rings. The van der Waals surface area contributed by atoms with Crippen molar-refractivity contribution >= 4 is 11.6 Å². The van der Waals surface area contributed by atoms with Gasteiger partial charge in [-0.15, -0.1) is 6.58 Å². The predicted molar refractivity (Wildman–Crippen MR) is 65.1 cm³/mol. The monoisotopic (exact) mass is 239 g/mol. The lowest BCUT2D eigenvalue weighted by molar-refractivity contribution is 0.501. The Morgan fingerprint density at radius 1 is 1.56 bits per heavy atom. The molecule has 1 N–H and O–H groups in total. The van der Waals surface area contributed by atoms with Gasteiger partial charge in [-0.2, -0.15) is 0 Å². The zero-order chi connectivity index (χ0) is 11.5. The second kappa shape index (κ2) is 4.98. The van der Waals surface area contributed by atoms with Crippen molar-refractivity contribution in [3.05, 3.63) is 47.3 Å². The summed E-state index contributed by atoms with van der Waals surface area (Å²) in [5, 5.41) is 3.59. The second-order valence-corrected chi connectivity index (χ2v) is 4.57. The Bertz CT molecular complexity index is 388. The fourth-order valence-corrected chi connectivity index (χ4v) is 1.96. The molecule has 3 heteroatoms. The lowest BCUT2D eigenvalue weighted by Crippen LogP contribution is -2.23. The van der Waals surface area contributed by atoms with E-state index in [4.69, 9.17) is 11.6 Å². The minimum atomic E-state index is -0.316. The Labute approximate surface area is 100 Å². The number of hydrogen-bond donors (Lipinski definition) is 1. The van der Waals surface area contributed by atoms with Gasteiger partial charge >= 0.3 is 0 Å². The number of benzene rings is 1. The number of hydrogen-bond acceptors (Lipinski definition) is 1. The molecule has 0 radical (unpaired) electrons. The molecule has 0 heterocycles. The Balaban J connectivity index is 2.21. The summed E-state index contributed by atoms with van der Waals surface area (Å²) in [7, 11) is 0. The highest BCUT2D eigenvalue weighted by Gasteiger charge is 2.26. The first-order chi connectivity index (χ1) is 7.72. The maximum absolute atomic E-state index is 13.8. The first kappa shape index (κ1) is 11.6. The molecule has 2 rings (SSSR count). The van der Waals surface area contributed by atoms with E-state index in [2.05, 4.69) is 11.9 Å². The number of rotatable bonds is 5. The van der Waals surface area contributed by atoms with Gasteiger partial charge in [0.05, 0.1) is 5.02 Å². The summed E-state index contributed by atoms with van der Waals surface area (Å²) in [6, 6.07) is 5.66. The molecule has 1 atom stereocenters. The van der Waals surface area contributed by atoms with Crippen LogP contribution < -0.4 is 5.32 Å². The molecule has 1 aliphatic carbocycles. The third-order valence-corrected chi connectivity index (χ3v) is 3.07. The van der Waals surface area contributed by atoms with Crippen LogP contribution in [0.4, 0.5) is 4.39 Å². The molecule has 16 heavy (non-hydrogen) atoms. The molecular formula is C13H15ClFN. The van der Waals surface area contributed by atoms with E-state index in [1.54, 1.807) is 24.3 Å². The summed E-state index contributed by atoms with van der Waals surface area (Å²) in [4.78, 5) is 0. The van der Waals surface area contributed by atoms with Crippen molar-refractivity contribution in [1.29, 1.82) is 0 Å². The first-order valence-corrected chi connectivity index (χ1v) is 5.91. The Morgan fingerprint density at radius 3 is 2.94 bits per heavy atom. The molecule has 1 aromatic carbocycles. The zero-order valence-electron chi connectivity index (χ0n) is 9.05. The zero-order valence-corrected chi connectivity index (χ0v) is 9.80. The maximum atomic E-state index is 13.8. The third kappa shape index (κ3) is 2.63. The minimum absolute atomic E-state index is 0.0105. The largest absolute Gasteiger partial charge is 0.307 e. The molecule has 86 valence electrons. The van der Waals surface area contributed by atoms with Gasteiger partial charge < -0.3 is 5.32 Å². The fourth-order valence-electron chi connectivity index (χ4n) is 1.78. The SMILES string of the molecule is C=CCC(NC1CC1)c1cccc(Cl)c1F. The minimum Gasteiger partial charge on any atom is -0.307 e. The van der Waals surface area contributed by atoms with Gasteiger partial charge in [0.2, 0.25) is 0 Å². The van der Waals surface area contributed by atoms with Crippen LogP contribution in [0.2, 0.25) is 5.02 Å². The van der Waals surface area contributed by atoms with Gasteiger partial charge in [-0.1, -0.05) is 29.8 Å². The van der Waals surface area contributed by atoms with Crippen molar-refractivity contribution in [2.75, 3.05) is 0 Å². The summed E-state index contributed by atoms with van der Waals surface area (Å²) in [6.45, 7) is 3.71. The Hall–Kier alpha value is -0.860. The van der Waals surface area contributed by atoms with Crippen molar-refractivity contribution in [2.24, 2.45) is 0 Å². The smallest absolute Gasteiger partial charge is 0.146 e. The Kier molecular flexibility index (Phi) is 3.62. The van der Waals surface area contributed by atoms with Crippen molar-refractivity contribution in [3.8, 4) is 0 Å². The van der Waals surface area contributed by atoms with E-state index in [0.29, 0.717) is 18.0 Å². The van der Waals surface area contributed by atoms with E-state index in [1.165, 1.54) is 12.8 Å². The van der Waals surface area contributed by atoms with Crippen LogP contribution in [0, 0.1) is 5.82 Å². The second-order valence-electron chi connectivity index (χ2n) is 4.16. The van der Waals surface area contributed by atoms with Crippen molar-refractivity contribution < 1.29 is 4.39 Å². The van der Waals surface area contributed by atoms with Crippen LogP contribution in [-0.4, -0.2) is 6.04 Å². The van der Waals surface area contributed by atoms with Gasteiger partial charge in [-0.25, -0.2) is 4.39 Å². The molecule has 0 amide bonds. The molecule has 1 nitrogen and oxygen atoms in total. The van der Waals surface area contributed by atoms with Crippen LogP contribution >= 0.6 is 11.6 Å². The molecule has 0 aromatic heterocycles. The summed E-state index contributed by atoms with van der Waals surface area (Å²) < 4.78 is 13.8. The lowest BCUT2D eigenvalue weighted by Gasteiger charge is -2.18. The molecule has 0 aliphatic heterocycles. The van der Waals surface area contributed by atoms with Crippen molar-refractivity contribution in [1.82, 2.24) is 5.32 Å². The number of nitrogens with one attached hydrogen (secondary N) is 1. The maximum Gasteiger partial charge on any atom is 0.146 e. The van der Waals surface area contributed by atoms with Crippen LogP contribution in [-0.2, 0) is 0 Å². The van der Waals surface area contributed by atoms with Gasteiger partial charge in [0.15, 0.2) is 0 Å². The van der Waals surface area contributed by atoms with Crippen molar-refractivity contribution in [2.45, 2.75) is 31.3 Å². The lowest BCUT2D eigenvalue weighted by atomic mass is 10.0. The molecule has 1 unspecified atom stereocenters. The average Bonchev–Trinajstić information content (AvgIpc) is 3.06. The van der Waals surface area contributed by atoms with Gasteiger partial charge in [-0.05, 0) is 25.3 Å². The van der Waals surface area contributed by atoms with E-state index in [0.717, 1.165) is 0 Å². The van der Waals surface area contributed by atoms with Gasteiger partial charge in [0, 0.05) is 17.6 Å². The molecule has 1 aliphatic rings. The standard InChI is InChI=1S/C13H15ClFN/c1-2-4-12(16-9-7-8-9)10-5-3-6-11(14)13(10)15/h2-3,5-6,9,12,16H,1,4,7-8H2. The highest BCUT2D eigenvalue weighted by atomic mass is 35.5. The van der Waals surface area contributed by atoms with Crippen LogP contribution in [0.25, 0.3) is 0 Å². The summed E-state index contributed by atoms with van der Waals surface area (Å²) in [6.07, 6.45) is 4.87. The normalized spacial score (nSPS) is 17.1. The fraction of sp³-hybridized carbons (Fsp3) is 0.385. The van der Waals surface area contributed by atoms with E-state index in [1.807, 2.05) is 0 Å². The number of halogens is 2. The molecular weight excluding hydrogens is 225 g/mol. The summed E-state index contributed by atoms with van der Waals surface area (Å²) in [5.74, 6) is -0.316. The van der Waals surface area contributed by atoms with E-state index < -0.39 is 0 Å². The average molecular weight is 240 g/mol. The van der Waals surface area contributed by atoms with Crippen LogP contribution in [0.5, 0.6) is 0 Å².